The number of unbranched alkanes of at least 4 members (excludes halogenated alkanes) is 10. The molecule has 2 atom stereocenters. The minimum atomic E-state index is -1.17. The third-order valence-electron chi connectivity index (χ3n) is 10.8. The summed E-state index contributed by atoms with van der Waals surface area (Å²) in [7, 11) is 0. The van der Waals surface area contributed by atoms with Gasteiger partial charge in [0.05, 0.1) is 4.53 Å². The van der Waals surface area contributed by atoms with Crippen LogP contribution in [0.1, 0.15) is 120 Å². The van der Waals surface area contributed by atoms with Gasteiger partial charge in [-0.2, -0.15) is 0 Å². The van der Waals surface area contributed by atoms with Crippen molar-refractivity contribution in [3.05, 3.63) is 80.1 Å². The van der Waals surface area contributed by atoms with E-state index in [2.05, 4.69) is 41.3 Å². The maximum Gasteiger partial charge on any atom is 0.323 e. The molecule has 0 bridgehead atoms. The molecule has 3 heterocycles. The van der Waals surface area contributed by atoms with Crippen molar-refractivity contribution in [3.8, 4) is 0 Å². The topological polar surface area (TPSA) is 120 Å². The Bertz CT molecular complexity index is 2080. The molecule has 1 aromatic heterocycles. The van der Waals surface area contributed by atoms with E-state index in [0.717, 1.165) is 79.4 Å². The number of carboxylic acid groups (broad SMARTS) is 2. The molecule has 298 valence electrons. The summed E-state index contributed by atoms with van der Waals surface area (Å²) in [6.45, 7) is 5.41. The smallest absolute Gasteiger partial charge is 0.323 e. The summed E-state index contributed by atoms with van der Waals surface area (Å²) in [4.78, 5) is 55.6. The maximum absolute atomic E-state index is 13.8. The van der Waals surface area contributed by atoms with Gasteiger partial charge in [-0.3, -0.25) is 28.6 Å². The fourth-order valence-electron chi connectivity index (χ4n) is 8.06. The van der Waals surface area contributed by atoms with Gasteiger partial charge in [0.2, 0.25) is 0 Å². The highest BCUT2D eigenvalue weighted by molar-refractivity contribution is 8.30. The summed E-state index contributed by atoms with van der Waals surface area (Å²) in [5, 5.41) is 18.6. The number of rotatable bonds is 21. The first-order chi connectivity index (χ1) is 27.2. The number of benzene rings is 2. The van der Waals surface area contributed by atoms with Crippen molar-refractivity contribution in [2.75, 3.05) is 17.2 Å². The zero-order chi connectivity index (χ0) is 39.6. The van der Waals surface area contributed by atoms with Crippen LogP contribution in [0.2, 0.25) is 0 Å². The molecular formula is C43H51N3O6S4. The highest BCUT2D eigenvalue weighted by atomic mass is 32.2. The van der Waals surface area contributed by atoms with Crippen LogP contribution in [0.3, 0.4) is 0 Å². The Morgan fingerprint density at radius 1 is 0.893 bits per heavy atom. The van der Waals surface area contributed by atoms with Crippen molar-refractivity contribution in [1.29, 1.82) is 0 Å². The highest BCUT2D eigenvalue weighted by Gasteiger charge is 2.42. The number of thiocarbonyl (C=S) groups is 1. The normalized spacial score (nSPS) is 19.0. The summed E-state index contributed by atoms with van der Waals surface area (Å²) in [6, 6.07) is 15.7. The van der Waals surface area contributed by atoms with Crippen LogP contribution in [0.5, 0.6) is 0 Å². The van der Waals surface area contributed by atoms with Gasteiger partial charge < -0.3 is 15.1 Å². The molecule has 1 amide bonds. The maximum atomic E-state index is 13.8. The number of aromatic nitrogens is 1. The van der Waals surface area contributed by atoms with Gasteiger partial charge in [0.1, 0.15) is 20.4 Å². The molecule has 2 unspecified atom stereocenters. The lowest BCUT2D eigenvalue weighted by atomic mass is 9.96. The lowest BCUT2D eigenvalue weighted by Crippen LogP contribution is -2.35. The highest BCUT2D eigenvalue weighted by Crippen LogP contribution is 2.52. The number of thiazole rings is 1. The van der Waals surface area contributed by atoms with E-state index >= 15 is 0 Å². The molecule has 3 aliphatic rings. The number of hydrogen-bond donors (Lipinski definition) is 2. The number of hydrogen-bond acceptors (Lipinski definition) is 9. The van der Waals surface area contributed by atoms with E-state index in [1.54, 1.807) is 0 Å². The van der Waals surface area contributed by atoms with Gasteiger partial charge in [-0.15, -0.1) is 23.1 Å². The molecule has 2 aromatic carbocycles. The minimum absolute atomic E-state index is 0.115. The number of carbonyl (C=O) groups is 3. The van der Waals surface area contributed by atoms with Crippen molar-refractivity contribution in [3.63, 3.8) is 0 Å². The predicted molar refractivity (Wildman–Crippen MR) is 232 cm³/mol. The summed E-state index contributed by atoms with van der Waals surface area (Å²) in [5.74, 6) is -0.821. The van der Waals surface area contributed by atoms with Gasteiger partial charge in [-0.1, -0.05) is 87.8 Å². The van der Waals surface area contributed by atoms with E-state index in [9.17, 15) is 24.3 Å². The molecule has 2 radical (unpaired) electrons. The van der Waals surface area contributed by atoms with E-state index in [1.165, 1.54) is 69.8 Å². The van der Waals surface area contributed by atoms with E-state index in [4.69, 9.17) is 24.2 Å². The molecule has 2 N–H and O–H groups in total. The molecule has 9 nitrogen and oxygen atoms in total. The first kappa shape index (κ1) is 42.2. The summed E-state index contributed by atoms with van der Waals surface area (Å²) < 4.78 is 2.19. The van der Waals surface area contributed by atoms with Crippen molar-refractivity contribution in [2.45, 2.75) is 126 Å². The fraction of sp³-hybridized carbons (Fsp3) is 0.488. The van der Waals surface area contributed by atoms with Crippen molar-refractivity contribution < 1.29 is 24.6 Å². The lowest BCUT2D eigenvalue weighted by Gasteiger charge is -2.27. The van der Waals surface area contributed by atoms with Crippen LogP contribution in [0.4, 0.5) is 11.4 Å². The van der Waals surface area contributed by atoms with E-state index in [0.29, 0.717) is 44.9 Å². The Morgan fingerprint density at radius 3 is 2.34 bits per heavy atom. The van der Waals surface area contributed by atoms with Crippen LogP contribution < -0.4 is 19.7 Å². The number of aliphatic carboxylic acids is 2. The monoisotopic (exact) mass is 833 g/mol. The molecule has 13 heteroatoms. The van der Waals surface area contributed by atoms with E-state index in [-0.39, 0.29) is 17.2 Å². The second-order valence-corrected chi connectivity index (χ2v) is 18.7. The van der Waals surface area contributed by atoms with Gasteiger partial charge in [0.15, 0.2) is 0 Å². The molecule has 2 fully saturated rings. The van der Waals surface area contributed by atoms with Crippen LogP contribution in [0.15, 0.2) is 52.2 Å². The van der Waals surface area contributed by atoms with Crippen LogP contribution in [0, 0.1) is 6.92 Å². The molecule has 2 aliphatic heterocycles. The largest absolute Gasteiger partial charge is 0.481 e. The summed E-state index contributed by atoms with van der Waals surface area (Å²) in [5.41, 5.74) is 4.07. The Labute approximate surface area is 347 Å². The number of anilines is 2. The Hall–Kier alpha value is -3.39. The fourth-order valence-corrected chi connectivity index (χ4v) is 11.5. The number of thioether (sulfide) groups is 2. The van der Waals surface area contributed by atoms with Gasteiger partial charge in [-0.05, 0) is 105 Å². The molecule has 6 rings (SSSR count). The molecule has 3 aromatic rings. The second kappa shape index (κ2) is 20.3. The number of carboxylic acids is 2. The Balaban J connectivity index is 1.18. The van der Waals surface area contributed by atoms with Crippen LogP contribution in [-0.2, 0) is 20.9 Å². The van der Waals surface area contributed by atoms with Crippen molar-refractivity contribution in [1.82, 2.24) is 9.47 Å². The van der Waals surface area contributed by atoms with Crippen LogP contribution >= 0.6 is 47.1 Å². The first-order valence-corrected chi connectivity index (χ1v) is 23.0. The Morgan fingerprint density at radius 2 is 1.61 bits per heavy atom. The average molecular weight is 834 g/mol. The zero-order valence-corrected chi connectivity index (χ0v) is 35.1. The van der Waals surface area contributed by atoms with Crippen LogP contribution in [0.25, 0.3) is 11.0 Å². The third-order valence-corrected chi connectivity index (χ3v) is 14.6. The minimum Gasteiger partial charge on any atom is -0.481 e. The summed E-state index contributed by atoms with van der Waals surface area (Å²) in [6.07, 6.45) is 17.6. The SMILES string of the molecule is [CH]CCCCCCCCCSc1ccc(N2c3ccc(/C=c4\s/c(=C5/SC(=S)N(CCCCCCC(=O)O)C5=O)n(CC(=O)O)c4=O)cc3C3CCCC32)cc1. The summed E-state index contributed by atoms with van der Waals surface area (Å²) >= 11 is 9.68. The number of fused-ring (bicyclic) bond motifs is 3. The Kier molecular flexibility index (Phi) is 15.3. The number of amides is 1. The number of nitrogens with zero attached hydrogens (tertiary/aromatic N) is 3. The third kappa shape index (κ3) is 10.4. The van der Waals surface area contributed by atoms with Gasteiger partial charge in [-0.25, -0.2) is 0 Å². The molecule has 1 aliphatic carbocycles. The average Bonchev–Trinajstić information content (AvgIpc) is 3.92. The van der Waals surface area contributed by atoms with E-state index < -0.39 is 24.0 Å². The quantitative estimate of drug-likeness (QED) is 0.0614. The van der Waals surface area contributed by atoms with Gasteiger partial charge in [0, 0.05) is 41.2 Å². The standard InChI is InChI=1S/C43H51N3O6S4/c1-2-3-4-5-6-7-10-13-25-54-31-21-19-30(20-22-31)46-34-16-14-15-32(34)33-26-29(18-23-35(33)46)27-36-40(51)45(28-38(49)50)42(55-36)39-41(52)44(43(53)56-39)24-12-9-8-11-17-37(47)48/h1,18-23,26-27,32,34H,2-17,24-25,28H2,(H,47,48)(H,49,50)/b36-27-,42-39+. The van der Waals surface area contributed by atoms with Crippen molar-refractivity contribution >= 4 is 91.6 Å². The van der Waals surface area contributed by atoms with Gasteiger partial charge in [0.25, 0.3) is 11.5 Å². The molecular weight excluding hydrogens is 783 g/mol. The van der Waals surface area contributed by atoms with Crippen LogP contribution in [-0.4, -0.2) is 60.2 Å². The molecule has 1 saturated carbocycles. The first-order valence-electron chi connectivity index (χ1n) is 20.0. The molecule has 56 heavy (non-hydrogen) atoms. The van der Waals surface area contributed by atoms with E-state index in [1.807, 2.05) is 23.9 Å². The molecule has 1 saturated heterocycles. The molecule has 0 spiro atoms. The van der Waals surface area contributed by atoms with Crippen molar-refractivity contribution in [2.24, 2.45) is 0 Å². The van der Waals surface area contributed by atoms with Gasteiger partial charge >= 0.3 is 11.9 Å². The lowest BCUT2D eigenvalue weighted by molar-refractivity contribution is -0.138. The second-order valence-electron chi connectivity index (χ2n) is 14.8. The zero-order valence-electron chi connectivity index (χ0n) is 31.8. The number of carbonyl (C=O) groups excluding carboxylic acids is 1. The predicted octanol–water partition coefficient (Wildman–Crippen LogP) is 8.54.